The summed E-state index contributed by atoms with van der Waals surface area (Å²) in [5, 5.41) is 3.36. The molecule has 1 fully saturated rings. The van der Waals surface area contributed by atoms with E-state index in [2.05, 4.69) is 46.0 Å². The van der Waals surface area contributed by atoms with Gasteiger partial charge < -0.3 is 10.2 Å². The molecule has 0 bridgehead atoms. The summed E-state index contributed by atoms with van der Waals surface area (Å²) in [4.78, 5) is 13.2. The van der Waals surface area contributed by atoms with Crippen LogP contribution in [0.15, 0.2) is 18.6 Å². The van der Waals surface area contributed by atoms with Gasteiger partial charge in [0.05, 0.1) is 6.20 Å². The zero-order chi connectivity index (χ0) is 13.0. The molecule has 0 aliphatic carbocycles. The Hall–Kier alpha value is -1.20. The van der Waals surface area contributed by atoms with Gasteiger partial charge in [0, 0.05) is 50.7 Å². The predicted octanol–water partition coefficient (Wildman–Crippen LogP) is 0.914. The highest BCUT2D eigenvalue weighted by atomic mass is 15.3. The molecule has 1 aliphatic rings. The highest BCUT2D eigenvalue weighted by molar-refractivity contribution is 5.30. The molecule has 0 atom stereocenters. The van der Waals surface area contributed by atoms with Crippen LogP contribution in [0.4, 0.5) is 5.82 Å². The van der Waals surface area contributed by atoms with Crippen LogP contribution in [0.25, 0.3) is 0 Å². The molecule has 0 saturated carbocycles. The number of piperazine rings is 1. The van der Waals surface area contributed by atoms with Crippen LogP contribution in [0.1, 0.15) is 13.8 Å². The molecule has 100 valence electrons. The van der Waals surface area contributed by atoms with Crippen LogP contribution in [0.3, 0.4) is 0 Å². The average Bonchev–Trinajstić information content (AvgIpc) is 2.38. The van der Waals surface area contributed by atoms with E-state index in [0.717, 1.165) is 38.5 Å². The molecule has 0 amide bonds. The molecule has 5 nitrogen and oxygen atoms in total. The van der Waals surface area contributed by atoms with Gasteiger partial charge in [-0.05, 0) is 20.9 Å². The monoisotopic (exact) mass is 249 g/mol. The van der Waals surface area contributed by atoms with Crippen molar-refractivity contribution in [1.82, 2.24) is 19.8 Å². The van der Waals surface area contributed by atoms with E-state index in [1.54, 1.807) is 18.6 Å². The molecule has 0 radical (unpaired) electrons. The van der Waals surface area contributed by atoms with Gasteiger partial charge in [-0.25, -0.2) is 4.98 Å². The lowest BCUT2D eigenvalue weighted by Crippen LogP contribution is -2.56. The largest absolute Gasteiger partial charge is 0.367 e. The summed E-state index contributed by atoms with van der Waals surface area (Å²) in [6, 6.07) is 0. The Morgan fingerprint density at radius 3 is 2.56 bits per heavy atom. The Bertz CT molecular complexity index is 357. The van der Waals surface area contributed by atoms with Gasteiger partial charge in [-0.3, -0.25) is 9.88 Å². The third-order valence-corrected chi connectivity index (χ3v) is 3.62. The molecule has 1 aromatic heterocycles. The first kappa shape index (κ1) is 13.2. The van der Waals surface area contributed by atoms with Gasteiger partial charge >= 0.3 is 0 Å². The summed E-state index contributed by atoms with van der Waals surface area (Å²) in [7, 11) is 2.18. The maximum Gasteiger partial charge on any atom is 0.144 e. The summed E-state index contributed by atoms with van der Waals surface area (Å²) >= 11 is 0. The van der Waals surface area contributed by atoms with Gasteiger partial charge in [-0.15, -0.1) is 0 Å². The van der Waals surface area contributed by atoms with Crippen molar-refractivity contribution in [3.05, 3.63) is 18.6 Å². The van der Waals surface area contributed by atoms with E-state index in [4.69, 9.17) is 0 Å². The van der Waals surface area contributed by atoms with Crippen LogP contribution in [0.5, 0.6) is 0 Å². The summed E-state index contributed by atoms with van der Waals surface area (Å²) in [5.74, 6) is 0.847. The molecule has 1 aliphatic heterocycles. The van der Waals surface area contributed by atoms with Crippen LogP contribution >= 0.6 is 0 Å². The third kappa shape index (κ3) is 3.40. The fourth-order valence-corrected chi connectivity index (χ4v) is 2.22. The first-order chi connectivity index (χ1) is 8.58. The number of hydrogen-bond donors (Lipinski definition) is 1. The summed E-state index contributed by atoms with van der Waals surface area (Å²) in [6.07, 6.45) is 5.17. The lowest BCUT2D eigenvalue weighted by molar-refractivity contribution is 0.0698. The second-order valence-corrected chi connectivity index (χ2v) is 5.55. The average molecular weight is 249 g/mol. The Morgan fingerprint density at radius 1 is 1.22 bits per heavy atom. The Labute approximate surface area is 109 Å². The van der Waals surface area contributed by atoms with E-state index in [9.17, 15) is 0 Å². The minimum Gasteiger partial charge on any atom is -0.367 e. The highest BCUT2D eigenvalue weighted by Gasteiger charge is 2.28. The first-order valence-corrected chi connectivity index (χ1v) is 6.51. The van der Waals surface area contributed by atoms with Crippen LogP contribution in [0.2, 0.25) is 0 Å². The van der Waals surface area contributed by atoms with E-state index in [0.29, 0.717) is 0 Å². The lowest BCUT2D eigenvalue weighted by Gasteiger charge is -2.43. The number of nitrogens with one attached hydrogen (secondary N) is 1. The minimum absolute atomic E-state index is 0.138. The van der Waals surface area contributed by atoms with Crippen molar-refractivity contribution in [1.29, 1.82) is 0 Å². The fraction of sp³-hybridized carbons (Fsp3) is 0.692. The molecule has 1 N–H and O–H groups in total. The smallest absolute Gasteiger partial charge is 0.144 e. The summed E-state index contributed by atoms with van der Waals surface area (Å²) in [6.45, 7) is 10.00. The highest BCUT2D eigenvalue weighted by Crippen LogP contribution is 2.17. The number of nitrogens with zero attached hydrogens (tertiary/aromatic N) is 4. The Kier molecular flexibility index (Phi) is 4.14. The van der Waals surface area contributed by atoms with Gasteiger partial charge in [-0.2, -0.15) is 0 Å². The molecule has 1 aromatic rings. The molecule has 0 aromatic carbocycles. The molecule has 0 spiro atoms. The fourth-order valence-electron chi connectivity index (χ4n) is 2.22. The quantitative estimate of drug-likeness (QED) is 0.859. The molecule has 1 saturated heterocycles. The third-order valence-electron chi connectivity index (χ3n) is 3.62. The molecular formula is C13H23N5. The van der Waals surface area contributed by atoms with Crippen molar-refractivity contribution in [2.24, 2.45) is 0 Å². The molecule has 0 unspecified atom stereocenters. The van der Waals surface area contributed by atoms with Crippen molar-refractivity contribution in [2.75, 3.05) is 45.1 Å². The van der Waals surface area contributed by atoms with Crippen molar-refractivity contribution in [3.8, 4) is 0 Å². The molecule has 18 heavy (non-hydrogen) atoms. The number of aromatic nitrogens is 2. The van der Waals surface area contributed by atoms with E-state index >= 15 is 0 Å². The minimum atomic E-state index is 0.138. The van der Waals surface area contributed by atoms with Crippen molar-refractivity contribution < 1.29 is 0 Å². The maximum atomic E-state index is 4.24. The second kappa shape index (κ2) is 5.63. The number of rotatable bonds is 4. The summed E-state index contributed by atoms with van der Waals surface area (Å²) in [5.41, 5.74) is 0.138. The van der Waals surface area contributed by atoms with Crippen molar-refractivity contribution in [2.45, 2.75) is 19.4 Å². The maximum absolute atomic E-state index is 4.24. The standard InChI is InChI=1S/C13H23N5/c1-13(2,18-8-6-17(3)7-9-18)11-16-12-10-14-4-5-15-12/h4-5,10H,6-9,11H2,1-3H3,(H,15,16). The number of anilines is 1. The molecular weight excluding hydrogens is 226 g/mol. The van der Waals surface area contributed by atoms with Gasteiger partial charge in [-0.1, -0.05) is 0 Å². The van der Waals surface area contributed by atoms with E-state index in [1.165, 1.54) is 0 Å². The summed E-state index contributed by atoms with van der Waals surface area (Å²) < 4.78 is 0. The molecule has 2 heterocycles. The Morgan fingerprint density at radius 2 is 1.94 bits per heavy atom. The SMILES string of the molecule is CN1CCN(C(C)(C)CNc2cnccn2)CC1. The van der Waals surface area contributed by atoms with Gasteiger partial charge in [0.15, 0.2) is 0 Å². The predicted molar refractivity (Wildman–Crippen MR) is 73.7 cm³/mol. The van der Waals surface area contributed by atoms with E-state index in [-0.39, 0.29) is 5.54 Å². The Balaban J connectivity index is 1.87. The van der Waals surface area contributed by atoms with Crippen LogP contribution in [-0.2, 0) is 0 Å². The van der Waals surface area contributed by atoms with Gasteiger partial charge in [0.2, 0.25) is 0 Å². The van der Waals surface area contributed by atoms with E-state index < -0.39 is 0 Å². The zero-order valence-electron chi connectivity index (χ0n) is 11.6. The zero-order valence-corrected chi connectivity index (χ0v) is 11.6. The lowest BCUT2D eigenvalue weighted by atomic mass is 10.0. The van der Waals surface area contributed by atoms with E-state index in [1.807, 2.05) is 0 Å². The topological polar surface area (TPSA) is 44.3 Å². The van der Waals surface area contributed by atoms with Crippen molar-refractivity contribution in [3.63, 3.8) is 0 Å². The van der Waals surface area contributed by atoms with Crippen LogP contribution in [0, 0.1) is 0 Å². The van der Waals surface area contributed by atoms with Crippen LogP contribution < -0.4 is 5.32 Å². The van der Waals surface area contributed by atoms with Gasteiger partial charge in [0.1, 0.15) is 5.82 Å². The number of hydrogen-bond acceptors (Lipinski definition) is 5. The first-order valence-electron chi connectivity index (χ1n) is 6.51. The normalized spacial score (nSPS) is 18.8. The molecule has 5 heteroatoms. The van der Waals surface area contributed by atoms with Gasteiger partial charge in [0.25, 0.3) is 0 Å². The van der Waals surface area contributed by atoms with Crippen LogP contribution in [-0.4, -0.2) is 65.1 Å². The number of likely N-dealkylation sites (N-methyl/N-ethyl adjacent to an activating group) is 1. The van der Waals surface area contributed by atoms with Crippen molar-refractivity contribution >= 4 is 5.82 Å². The second-order valence-electron chi connectivity index (χ2n) is 5.55. The molecule has 2 rings (SSSR count).